The van der Waals surface area contributed by atoms with Crippen LogP contribution in [0.1, 0.15) is 5.69 Å². The molecular weight excluding hydrogens is 119 g/mol. The fourth-order valence-corrected chi connectivity index (χ4v) is 0.693. The van der Waals surface area contributed by atoms with Crippen LogP contribution in [0.25, 0.3) is 0 Å². The van der Waals surface area contributed by atoms with Crippen molar-refractivity contribution in [2.24, 2.45) is 7.05 Å². The van der Waals surface area contributed by atoms with E-state index in [1.54, 1.807) is 4.68 Å². The zero-order valence-corrected chi connectivity index (χ0v) is 5.34. The first kappa shape index (κ1) is 6.26. The molecule has 1 aromatic rings. The summed E-state index contributed by atoms with van der Waals surface area (Å²) < 4.78 is 13.3. The highest BCUT2D eigenvalue weighted by Gasteiger charge is 1.93. The van der Waals surface area contributed by atoms with Crippen molar-refractivity contribution in [3.63, 3.8) is 0 Å². The van der Waals surface area contributed by atoms with Gasteiger partial charge in [0.1, 0.15) is 0 Å². The highest BCUT2D eigenvalue weighted by atomic mass is 19.1. The first-order valence-electron chi connectivity index (χ1n) is 2.87. The molecule has 0 radical (unpaired) electrons. The highest BCUT2D eigenvalue weighted by Crippen LogP contribution is 1.94. The van der Waals surface area contributed by atoms with Crippen molar-refractivity contribution in [2.45, 2.75) is 6.42 Å². The smallest absolute Gasteiger partial charge is 0.0950 e. The van der Waals surface area contributed by atoms with E-state index in [2.05, 4.69) is 5.10 Å². The van der Waals surface area contributed by atoms with E-state index in [-0.39, 0.29) is 6.67 Å². The van der Waals surface area contributed by atoms with Crippen molar-refractivity contribution in [3.8, 4) is 0 Å². The van der Waals surface area contributed by atoms with Crippen LogP contribution in [0.2, 0.25) is 0 Å². The molecule has 0 saturated carbocycles. The van der Waals surface area contributed by atoms with E-state index < -0.39 is 0 Å². The molecule has 0 fully saturated rings. The molecule has 0 aliphatic heterocycles. The quantitative estimate of drug-likeness (QED) is 0.579. The zero-order chi connectivity index (χ0) is 6.69. The van der Waals surface area contributed by atoms with E-state index in [0.29, 0.717) is 6.42 Å². The molecule has 0 aliphatic rings. The van der Waals surface area contributed by atoms with E-state index >= 15 is 0 Å². The van der Waals surface area contributed by atoms with E-state index in [1.807, 2.05) is 19.3 Å². The average molecular weight is 128 g/mol. The van der Waals surface area contributed by atoms with Crippen LogP contribution >= 0.6 is 0 Å². The van der Waals surface area contributed by atoms with E-state index in [9.17, 15) is 4.39 Å². The molecular formula is C6H9FN2. The lowest BCUT2D eigenvalue weighted by Gasteiger charge is -1.86. The normalized spacial score (nSPS) is 10.0. The fourth-order valence-electron chi connectivity index (χ4n) is 0.693. The summed E-state index contributed by atoms with van der Waals surface area (Å²) in [6.45, 7) is -0.322. The minimum absolute atomic E-state index is 0.322. The van der Waals surface area contributed by atoms with Gasteiger partial charge in [-0.2, -0.15) is 5.10 Å². The number of aryl methyl sites for hydroxylation is 2. The van der Waals surface area contributed by atoms with Crippen LogP contribution in [0, 0.1) is 0 Å². The van der Waals surface area contributed by atoms with Crippen LogP contribution in [0.4, 0.5) is 4.39 Å². The molecule has 0 aliphatic carbocycles. The maximum atomic E-state index is 11.6. The summed E-state index contributed by atoms with van der Waals surface area (Å²) in [4.78, 5) is 0. The Labute approximate surface area is 53.3 Å². The fraction of sp³-hybridized carbons (Fsp3) is 0.500. The molecule has 1 heterocycles. The number of rotatable bonds is 2. The second-order valence-corrected chi connectivity index (χ2v) is 1.92. The van der Waals surface area contributed by atoms with E-state index in [1.165, 1.54) is 0 Å². The zero-order valence-electron chi connectivity index (χ0n) is 5.34. The predicted octanol–water partition coefficient (Wildman–Crippen LogP) is 0.932. The summed E-state index contributed by atoms with van der Waals surface area (Å²) in [5, 5.41) is 3.98. The summed E-state index contributed by atoms with van der Waals surface area (Å²) in [6.07, 6.45) is 2.24. The Balaban J connectivity index is 2.61. The summed E-state index contributed by atoms with van der Waals surface area (Å²) in [7, 11) is 1.82. The van der Waals surface area contributed by atoms with Gasteiger partial charge in [0.25, 0.3) is 0 Å². The third-order valence-corrected chi connectivity index (χ3v) is 1.12. The first-order valence-corrected chi connectivity index (χ1v) is 2.87. The minimum Gasteiger partial charge on any atom is -0.276 e. The van der Waals surface area contributed by atoms with Gasteiger partial charge in [0.2, 0.25) is 0 Å². The van der Waals surface area contributed by atoms with Crippen molar-refractivity contribution in [1.82, 2.24) is 9.78 Å². The summed E-state index contributed by atoms with van der Waals surface area (Å²) in [5.41, 5.74) is 0.819. The molecule has 2 nitrogen and oxygen atoms in total. The lowest BCUT2D eigenvalue weighted by molar-refractivity contribution is 0.490. The van der Waals surface area contributed by atoms with Crippen molar-refractivity contribution in [3.05, 3.63) is 18.0 Å². The van der Waals surface area contributed by atoms with Crippen molar-refractivity contribution in [2.75, 3.05) is 6.67 Å². The van der Waals surface area contributed by atoms with Gasteiger partial charge in [-0.1, -0.05) is 0 Å². The average Bonchev–Trinajstić information content (AvgIpc) is 2.17. The lowest BCUT2D eigenvalue weighted by Crippen LogP contribution is -1.91. The Morgan fingerprint density at radius 1 is 1.78 bits per heavy atom. The van der Waals surface area contributed by atoms with Gasteiger partial charge in [-0.15, -0.1) is 0 Å². The first-order chi connectivity index (χ1) is 4.33. The lowest BCUT2D eigenvalue weighted by atomic mass is 10.3. The number of aromatic nitrogens is 2. The molecule has 0 amide bonds. The second-order valence-electron chi connectivity index (χ2n) is 1.92. The van der Waals surface area contributed by atoms with Gasteiger partial charge < -0.3 is 0 Å². The number of alkyl halides is 1. The Morgan fingerprint density at radius 3 is 3.00 bits per heavy atom. The van der Waals surface area contributed by atoms with Crippen molar-refractivity contribution in [1.29, 1.82) is 0 Å². The van der Waals surface area contributed by atoms with Crippen LogP contribution < -0.4 is 0 Å². The standard InChI is InChI=1S/C6H9FN2/c1-9-5-3-6(8-9)2-4-7/h3,5H,2,4H2,1H3. The Morgan fingerprint density at radius 2 is 2.56 bits per heavy atom. The summed E-state index contributed by atoms with van der Waals surface area (Å²) >= 11 is 0. The molecule has 0 unspecified atom stereocenters. The monoisotopic (exact) mass is 128 g/mol. The largest absolute Gasteiger partial charge is 0.276 e. The summed E-state index contributed by atoms with van der Waals surface area (Å²) in [6, 6.07) is 1.82. The van der Waals surface area contributed by atoms with Crippen LogP contribution in [-0.4, -0.2) is 16.5 Å². The van der Waals surface area contributed by atoms with Gasteiger partial charge in [-0.3, -0.25) is 9.07 Å². The number of hydrogen-bond acceptors (Lipinski definition) is 1. The number of halogens is 1. The Kier molecular flexibility index (Phi) is 1.82. The third kappa shape index (κ3) is 1.52. The van der Waals surface area contributed by atoms with Crippen LogP contribution in [0.3, 0.4) is 0 Å². The maximum Gasteiger partial charge on any atom is 0.0950 e. The van der Waals surface area contributed by atoms with Crippen molar-refractivity contribution < 1.29 is 4.39 Å². The van der Waals surface area contributed by atoms with Gasteiger partial charge in [0.05, 0.1) is 12.4 Å². The van der Waals surface area contributed by atoms with Gasteiger partial charge in [-0.25, -0.2) is 0 Å². The molecule has 0 N–H and O–H groups in total. The topological polar surface area (TPSA) is 17.8 Å². The van der Waals surface area contributed by atoms with Gasteiger partial charge in [0, 0.05) is 19.7 Å². The highest BCUT2D eigenvalue weighted by molar-refractivity contribution is 4.98. The number of hydrogen-bond donors (Lipinski definition) is 0. The molecule has 50 valence electrons. The number of nitrogens with zero attached hydrogens (tertiary/aromatic N) is 2. The Bertz CT molecular complexity index is 183. The van der Waals surface area contributed by atoms with Gasteiger partial charge in [0.15, 0.2) is 0 Å². The van der Waals surface area contributed by atoms with Gasteiger partial charge in [-0.05, 0) is 6.07 Å². The van der Waals surface area contributed by atoms with Gasteiger partial charge >= 0.3 is 0 Å². The van der Waals surface area contributed by atoms with E-state index in [4.69, 9.17) is 0 Å². The van der Waals surface area contributed by atoms with Crippen LogP contribution in [-0.2, 0) is 13.5 Å². The molecule has 0 spiro atoms. The van der Waals surface area contributed by atoms with Crippen LogP contribution in [0.5, 0.6) is 0 Å². The molecule has 1 aromatic heterocycles. The molecule has 9 heavy (non-hydrogen) atoms. The molecule has 0 saturated heterocycles. The minimum atomic E-state index is -0.322. The van der Waals surface area contributed by atoms with Crippen molar-refractivity contribution >= 4 is 0 Å². The predicted molar refractivity (Wildman–Crippen MR) is 32.9 cm³/mol. The van der Waals surface area contributed by atoms with Crippen LogP contribution in [0.15, 0.2) is 12.3 Å². The molecule has 0 atom stereocenters. The second kappa shape index (κ2) is 2.62. The molecule has 0 bridgehead atoms. The molecule has 1 rings (SSSR count). The summed E-state index contributed by atoms with van der Waals surface area (Å²) in [5.74, 6) is 0. The van der Waals surface area contributed by atoms with E-state index in [0.717, 1.165) is 5.69 Å². The SMILES string of the molecule is Cn1ccc(CCF)n1. The molecule has 0 aromatic carbocycles. The Hall–Kier alpha value is -0.860. The molecule has 3 heteroatoms. The maximum absolute atomic E-state index is 11.6. The third-order valence-electron chi connectivity index (χ3n) is 1.12.